The minimum atomic E-state index is -0.0161. The molecule has 0 aromatic heterocycles. The highest BCUT2D eigenvalue weighted by Gasteiger charge is 2.15. The van der Waals surface area contributed by atoms with Gasteiger partial charge in [0, 0.05) is 16.8 Å². The molecule has 0 saturated carbocycles. The summed E-state index contributed by atoms with van der Waals surface area (Å²) in [5.74, 6) is -0.0161. The summed E-state index contributed by atoms with van der Waals surface area (Å²) in [4.78, 5) is 14.2. The lowest BCUT2D eigenvalue weighted by Gasteiger charge is -2.24. The molecule has 2 aromatic rings. The van der Waals surface area contributed by atoms with Crippen molar-refractivity contribution in [3.63, 3.8) is 0 Å². The molecule has 0 saturated heterocycles. The summed E-state index contributed by atoms with van der Waals surface area (Å²) in [5, 5.41) is 3.67. The van der Waals surface area contributed by atoms with E-state index in [0.29, 0.717) is 6.54 Å². The maximum absolute atomic E-state index is 12.2. The Labute approximate surface area is 136 Å². The second kappa shape index (κ2) is 7.43. The van der Waals surface area contributed by atoms with E-state index in [1.807, 2.05) is 67.4 Å². The molecule has 2 rings (SSSR count). The molecule has 1 atom stereocenters. The standard InChI is InChI=1S/C18H21ClN2O/c1-13-6-4-5-7-17(13)20-18(22)12-21(3)14(2)15-8-10-16(19)11-9-15/h4-11,14H,12H2,1-3H3,(H,20,22). The average molecular weight is 317 g/mol. The summed E-state index contributed by atoms with van der Waals surface area (Å²) in [5.41, 5.74) is 3.06. The van der Waals surface area contributed by atoms with Crippen LogP contribution in [-0.2, 0) is 4.79 Å². The number of carbonyl (C=O) groups excluding carboxylic acids is 1. The third-order valence-electron chi connectivity index (χ3n) is 3.83. The van der Waals surface area contributed by atoms with Gasteiger partial charge in [-0.15, -0.1) is 0 Å². The predicted molar refractivity (Wildman–Crippen MR) is 92.3 cm³/mol. The molecule has 2 aromatic carbocycles. The van der Waals surface area contributed by atoms with Gasteiger partial charge in [0.1, 0.15) is 0 Å². The van der Waals surface area contributed by atoms with E-state index in [2.05, 4.69) is 12.2 Å². The molecule has 3 nitrogen and oxygen atoms in total. The third-order valence-corrected chi connectivity index (χ3v) is 4.08. The van der Waals surface area contributed by atoms with E-state index in [1.54, 1.807) is 0 Å². The summed E-state index contributed by atoms with van der Waals surface area (Å²) < 4.78 is 0. The average Bonchev–Trinajstić information content (AvgIpc) is 2.49. The number of benzene rings is 2. The zero-order valence-electron chi connectivity index (χ0n) is 13.1. The first kappa shape index (κ1) is 16.5. The summed E-state index contributed by atoms with van der Waals surface area (Å²) in [7, 11) is 1.94. The zero-order valence-corrected chi connectivity index (χ0v) is 13.9. The van der Waals surface area contributed by atoms with Gasteiger partial charge in [0.15, 0.2) is 0 Å². The number of aryl methyl sites for hydroxylation is 1. The molecule has 0 aliphatic carbocycles. The number of amides is 1. The van der Waals surface area contributed by atoms with Crippen molar-refractivity contribution in [1.82, 2.24) is 4.90 Å². The SMILES string of the molecule is Cc1ccccc1NC(=O)CN(C)C(C)c1ccc(Cl)cc1. The van der Waals surface area contributed by atoms with E-state index in [9.17, 15) is 4.79 Å². The third kappa shape index (κ3) is 4.33. The molecule has 0 fully saturated rings. The van der Waals surface area contributed by atoms with E-state index >= 15 is 0 Å². The Morgan fingerprint density at radius 1 is 1.18 bits per heavy atom. The van der Waals surface area contributed by atoms with Gasteiger partial charge in [0.05, 0.1) is 6.54 Å². The van der Waals surface area contributed by atoms with Crippen molar-refractivity contribution < 1.29 is 4.79 Å². The molecule has 0 heterocycles. The number of likely N-dealkylation sites (N-methyl/N-ethyl adjacent to an activating group) is 1. The zero-order chi connectivity index (χ0) is 16.1. The van der Waals surface area contributed by atoms with Crippen molar-refractivity contribution in [2.75, 3.05) is 18.9 Å². The first-order valence-corrected chi connectivity index (χ1v) is 7.66. The van der Waals surface area contributed by atoms with Gasteiger partial charge < -0.3 is 5.32 Å². The van der Waals surface area contributed by atoms with Crippen LogP contribution in [0.15, 0.2) is 48.5 Å². The number of carbonyl (C=O) groups is 1. The lowest BCUT2D eigenvalue weighted by molar-refractivity contribution is -0.117. The monoisotopic (exact) mass is 316 g/mol. The van der Waals surface area contributed by atoms with Gasteiger partial charge in [0.2, 0.25) is 5.91 Å². The van der Waals surface area contributed by atoms with Crippen LogP contribution in [0.2, 0.25) is 5.02 Å². The minimum Gasteiger partial charge on any atom is -0.325 e. The quantitative estimate of drug-likeness (QED) is 0.893. The second-order valence-corrected chi connectivity index (χ2v) is 5.94. The largest absolute Gasteiger partial charge is 0.325 e. The number of rotatable bonds is 5. The van der Waals surface area contributed by atoms with Crippen LogP contribution in [0.1, 0.15) is 24.1 Å². The summed E-state index contributed by atoms with van der Waals surface area (Å²) in [6.07, 6.45) is 0. The van der Waals surface area contributed by atoms with Crippen molar-refractivity contribution in [3.05, 3.63) is 64.7 Å². The van der Waals surface area contributed by atoms with Crippen LogP contribution < -0.4 is 5.32 Å². The van der Waals surface area contributed by atoms with Gasteiger partial charge in [-0.2, -0.15) is 0 Å². The van der Waals surface area contributed by atoms with Crippen molar-refractivity contribution in [3.8, 4) is 0 Å². The summed E-state index contributed by atoms with van der Waals surface area (Å²) in [6, 6.07) is 15.6. The van der Waals surface area contributed by atoms with Gasteiger partial charge in [-0.1, -0.05) is 41.9 Å². The van der Waals surface area contributed by atoms with Crippen LogP contribution in [0.4, 0.5) is 5.69 Å². The number of anilines is 1. The number of nitrogens with zero attached hydrogens (tertiary/aromatic N) is 1. The number of hydrogen-bond acceptors (Lipinski definition) is 2. The number of hydrogen-bond donors (Lipinski definition) is 1. The first-order chi connectivity index (χ1) is 10.5. The maximum atomic E-state index is 12.2. The number of halogens is 1. The molecule has 0 aliphatic heterocycles. The molecule has 116 valence electrons. The summed E-state index contributed by atoms with van der Waals surface area (Å²) >= 11 is 5.91. The molecular weight excluding hydrogens is 296 g/mol. The van der Waals surface area contributed by atoms with Crippen molar-refractivity contribution in [2.45, 2.75) is 19.9 Å². The molecule has 0 spiro atoms. The molecule has 1 amide bonds. The van der Waals surface area contributed by atoms with Crippen LogP contribution in [0.3, 0.4) is 0 Å². The van der Waals surface area contributed by atoms with Crippen molar-refractivity contribution in [1.29, 1.82) is 0 Å². The molecule has 0 bridgehead atoms. The van der Waals surface area contributed by atoms with Crippen LogP contribution >= 0.6 is 11.6 Å². The smallest absolute Gasteiger partial charge is 0.238 e. The fraction of sp³-hybridized carbons (Fsp3) is 0.278. The van der Waals surface area contributed by atoms with Gasteiger partial charge >= 0.3 is 0 Å². The second-order valence-electron chi connectivity index (χ2n) is 5.51. The van der Waals surface area contributed by atoms with E-state index < -0.39 is 0 Å². The molecule has 4 heteroatoms. The van der Waals surface area contributed by atoms with E-state index in [4.69, 9.17) is 11.6 Å². The van der Waals surface area contributed by atoms with Gasteiger partial charge in [-0.25, -0.2) is 0 Å². The summed E-state index contributed by atoms with van der Waals surface area (Å²) in [6.45, 7) is 4.39. The Bertz CT molecular complexity index is 640. The fourth-order valence-corrected chi connectivity index (χ4v) is 2.39. The van der Waals surface area contributed by atoms with Crippen molar-refractivity contribution >= 4 is 23.2 Å². The molecular formula is C18H21ClN2O. The Morgan fingerprint density at radius 2 is 1.82 bits per heavy atom. The molecule has 0 radical (unpaired) electrons. The van der Waals surface area contributed by atoms with Gasteiger partial charge in [-0.05, 0) is 50.2 Å². The highest BCUT2D eigenvalue weighted by atomic mass is 35.5. The van der Waals surface area contributed by atoms with E-state index in [-0.39, 0.29) is 11.9 Å². The van der Waals surface area contributed by atoms with Crippen LogP contribution in [0, 0.1) is 6.92 Å². The van der Waals surface area contributed by atoms with E-state index in [0.717, 1.165) is 21.8 Å². The topological polar surface area (TPSA) is 32.3 Å². The van der Waals surface area contributed by atoms with Crippen LogP contribution in [0.5, 0.6) is 0 Å². The lowest BCUT2D eigenvalue weighted by atomic mass is 10.1. The van der Waals surface area contributed by atoms with Crippen molar-refractivity contribution in [2.24, 2.45) is 0 Å². The maximum Gasteiger partial charge on any atom is 0.238 e. The Kier molecular flexibility index (Phi) is 5.58. The fourth-order valence-electron chi connectivity index (χ4n) is 2.26. The highest BCUT2D eigenvalue weighted by Crippen LogP contribution is 2.21. The molecule has 1 N–H and O–H groups in total. The van der Waals surface area contributed by atoms with Crippen LogP contribution in [-0.4, -0.2) is 24.4 Å². The van der Waals surface area contributed by atoms with E-state index in [1.165, 1.54) is 0 Å². The Hall–Kier alpha value is -1.84. The lowest BCUT2D eigenvalue weighted by Crippen LogP contribution is -2.32. The molecule has 22 heavy (non-hydrogen) atoms. The predicted octanol–water partition coefficient (Wildman–Crippen LogP) is 4.28. The Balaban J connectivity index is 1.96. The normalized spacial score (nSPS) is 12.2. The van der Waals surface area contributed by atoms with Crippen LogP contribution in [0.25, 0.3) is 0 Å². The number of nitrogens with one attached hydrogen (secondary N) is 1. The molecule has 0 aliphatic rings. The minimum absolute atomic E-state index is 0.0161. The number of para-hydroxylation sites is 1. The Morgan fingerprint density at radius 3 is 2.45 bits per heavy atom. The van der Waals surface area contributed by atoms with Gasteiger partial charge in [-0.3, -0.25) is 9.69 Å². The molecule has 1 unspecified atom stereocenters. The first-order valence-electron chi connectivity index (χ1n) is 7.28. The van der Waals surface area contributed by atoms with Gasteiger partial charge in [0.25, 0.3) is 0 Å². The highest BCUT2D eigenvalue weighted by molar-refractivity contribution is 6.30.